The normalized spacial score (nSPS) is 11.2. The van der Waals surface area contributed by atoms with Gasteiger partial charge in [-0.3, -0.25) is 0 Å². The Bertz CT molecular complexity index is 4720. The van der Waals surface area contributed by atoms with Crippen molar-refractivity contribution < 1.29 is 0 Å². The highest BCUT2D eigenvalue weighted by Crippen LogP contribution is 2.50. The Morgan fingerprint density at radius 2 is 0.488 bits per heavy atom. The standard InChI is InChI=1S/2C36H19N7/c2*37-20-30-31(21-38)40-36-35(39-30)41-33-28-13-7-12-27-26(18-19-29(32(27)28)34(33)42-36)22-14-16-25(17-15-22)43(23-8-3-1-4-9-23)24-10-5-2-6-11-24/h2*1-19H. The SMILES string of the molecule is N#Cc1nc2nc3c(nc2nc1C#N)-c1ccc(-c2ccc(N(c4ccccc4)c4ccccc4)cc2)c2cccc-3c12.N#Cc1nc2nc3c(nc2nc1C#N)-c1ccc(-c2ccc(N(c4ccccc4)c4ccccc4)cc2)c2cccc-3c12. The molecular formula is C72H38N14. The molecule has 16 rings (SSSR count). The summed E-state index contributed by atoms with van der Waals surface area (Å²) in [7, 11) is 0. The molecule has 4 aromatic heterocycles. The topological polar surface area (TPSA) is 205 Å². The van der Waals surface area contributed by atoms with Crippen molar-refractivity contribution in [1.29, 1.82) is 21.0 Å². The molecular weight excluding hydrogens is 1060 g/mol. The molecule has 2 aliphatic carbocycles. The van der Waals surface area contributed by atoms with Crippen LogP contribution in [0.5, 0.6) is 0 Å². The Morgan fingerprint density at radius 1 is 0.233 bits per heavy atom. The molecule has 0 saturated heterocycles. The predicted molar refractivity (Wildman–Crippen MR) is 333 cm³/mol. The largest absolute Gasteiger partial charge is 0.311 e. The molecule has 86 heavy (non-hydrogen) atoms. The first-order valence-corrected chi connectivity index (χ1v) is 27.4. The van der Waals surface area contributed by atoms with E-state index in [4.69, 9.17) is 19.9 Å². The lowest BCUT2D eigenvalue weighted by Crippen LogP contribution is -2.09. The van der Waals surface area contributed by atoms with Gasteiger partial charge in [0.1, 0.15) is 24.3 Å². The van der Waals surface area contributed by atoms with E-state index < -0.39 is 0 Å². The van der Waals surface area contributed by atoms with Crippen LogP contribution >= 0.6 is 0 Å². The van der Waals surface area contributed by atoms with E-state index in [-0.39, 0.29) is 45.4 Å². The summed E-state index contributed by atoms with van der Waals surface area (Å²) >= 11 is 0. The van der Waals surface area contributed by atoms with Crippen molar-refractivity contribution in [2.75, 3.05) is 9.80 Å². The van der Waals surface area contributed by atoms with Gasteiger partial charge < -0.3 is 9.80 Å². The molecule has 14 nitrogen and oxygen atoms in total. The van der Waals surface area contributed by atoms with Gasteiger partial charge >= 0.3 is 0 Å². The lowest BCUT2D eigenvalue weighted by Gasteiger charge is -2.25. The van der Waals surface area contributed by atoms with E-state index in [1.807, 2.05) is 121 Å². The number of nitriles is 4. The molecule has 10 aromatic carbocycles. The van der Waals surface area contributed by atoms with Crippen molar-refractivity contribution in [3.63, 3.8) is 0 Å². The summed E-state index contributed by atoms with van der Waals surface area (Å²) in [5.74, 6) is 0. The maximum Gasteiger partial charge on any atom is 0.199 e. The average molecular weight is 1100 g/mol. The third kappa shape index (κ3) is 8.31. The van der Waals surface area contributed by atoms with E-state index >= 15 is 0 Å². The number of hydrogen-bond acceptors (Lipinski definition) is 14. The highest BCUT2D eigenvalue weighted by Gasteiger charge is 2.29. The Balaban J connectivity index is 0.000000145. The first kappa shape index (κ1) is 50.1. The zero-order valence-electron chi connectivity index (χ0n) is 45.2. The average Bonchev–Trinajstić information content (AvgIpc) is 1.83. The highest BCUT2D eigenvalue weighted by molar-refractivity contribution is 6.19. The summed E-state index contributed by atoms with van der Waals surface area (Å²) in [6.07, 6.45) is 0. The van der Waals surface area contributed by atoms with E-state index in [2.05, 4.69) is 163 Å². The summed E-state index contributed by atoms with van der Waals surface area (Å²) in [5, 5.41) is 42.0. The van der Waals surface area contributed by atoms with Gasteiger partial charge in [-0.2, -0.15) is 21.0 Å². The van der Waals surface area contributed by atoms with Crippen molar-refractivity contribution in [2.45, 2.75) is 0 Å². The second kappa shape index (κ2) is 20.6. The van der Waals surface area contributed by atoms with Crippen molar-refractivity contribution in [3.05, 3.63) is 253 Å². The maximum absolute atomic E-state index is 9.42. The fraction of sp³-hybridized carbons (Fsp3) is 0. The molecule has 4 heterocycles. The van der Waals surface area contributed by atoms with Gasteiger partial charge in [-0.1, -0.05) is 158 Å². The van der Waals surface area contributed by atoms with Crippen molar-refractivity contribution in [3.8, 4) is 91.6 Å². The molecule has 0 spiro atoms. The molecule has 0 saturated carbocycles. The second-order valence-electron chi connectivity index (χ2n) is 20.3. The summed E-state index contributed by atoms with van der Waals surface area (Å²) in [5.41, 5.74) is 18.3. The van der Waals surface area contributed by atoms with Crippen LogP contribution in [0.3, 0.4) is 0 Å². The molecule has 14 heteroatoms. The quantitative estimate of drug-likeness (QED) is 0.139. The van der Waals surface area contributed by atoms with Crippen LogP contribution in [0.15, 0.2) is 231 Å². The smallest absolute Gasteiger partial charge is 0.199 e. The molecule has 0 radical (unpaired) electrons. The van der Waals surface area contributed by atoms with Crippen LogP contribution in [-0.2, 0) is 0 Å². The van der Waals surface area contributed by atoms with E-state index in [0.29, 0.717) is 22.8 Å². The van der Waals surface area contributed by atoms with Crippen molar-refractivity contribution in [1.82, 2.24) is 39.9 Å². The number of rotatable bonds is 8. The van der Waals surface area contributed by atoms with Crippen molar-refractivity contribution >= 4 is 78.3 Å². The monoisotopic (exact) mass is 1100 g/mol. The molecule has 0 amide bonds. The molecule has 0 aliphatic heterocycles. The number of benzene rings is 10. The molecule has 0 fully saturated rings. The predicted octanol–water partition coefficient (Wildman–Crippen LogP) is 16.2. The van der Waals surface area contributed by atoms with Crippen LogP contribution in [0.25, 0.3) is 111 Å². The van der Waals surface area contributed by atoms with Gasteiger partial charge in [0, 0.05) is 67.2 Å². The number of fused-ring (bicyclic) bond motifs is 8. The van der Waals surface area contributed by atoms with Gasteiger partial charge in [0.05, 0.1) is 22.8 Å². The number of hydrogen-bond donors (Lipinski definition) is 0. The van der Waals surface area contributed by atoms with E-state index in [9.17, 15) is 21.0 Å². The third-order valence-corrected chi connectivity index (χ3v) is 15.5. The van der Waals surface area contributed by atoms with Crippen LogP contribution in [0, 0.1) is 45.3 Å². The first-order chi connectivity index (χ1) is 42.5. The van der Waals surface area contributed by atoms with Crippen molar-refractivity contribution in [2.24, 2.45) is 0 Å². The fourth-order valence-corrected chi connectivity index (χ4v) is 11.7. The highest BCUT2D eigenvalue weighted by atomic mass is 15.1. The third-order valence-electron chi connectivity index (χ3n) is 15.5. The van der Waals surface area contributed by atoms with E-state index in [0.717, 1.165) is 100 Å². The zero-order chi connectivity index (χ0) is 57.8. The fourth-order valence-electron chi connectivity index (χ4n) is 11.7. The summed E-state index contributed by atoms with van der Waals surface area (Å²) in [4.78, 5) is 40.7. The summed E-state index contributed by atoms with van der Waals surface area (Å²) in [6.45, 7) is 0. The van der Waals surface area contributed by atoms with Crippen LogP contribution in [-0.4, -0.2) is 39.9 Å². The van der Waals surface area contributed by atoms with E-state index in [1.54, 1.807) is 0 Å². The summed E-state index contributed by atoms with van der Waals surface area (Å²) < 4.78 is 0. The van der Waals surface area contributed by atoms with Crippen LogP contribution in [0.2, 0.25) is 0 Å². The molecule has 14 aromatic rings. The molecule has 0 N–H and O–H groups in total. The molecule has 0 atom stereocenters. The van der Waals surface area contributed by atoms with Gasteiger partial charge in [-0.05, 0) is 106 Å². The minimum atomic E-state index is -0.0539. The Hall–Kier alpha value is -12.9. The Morgan fingerprint density at radius 3 is 0.767 bits per heavy atom. The number of anilines is 6. The van der Waals surface area contributed by atoms with Gasteiger partial charge in [0.25, 0.3) is 0 Å². The van der Waals surface area contributed by atoms with Crippen LogP contribution in [0.4, 0.5) is 34.1 Å². The second-order valence-corrected chi connectivity index (χ2v) is 20.3. The van der Waals surface area contributed by atoms with Crippen LogP contribution in [0.1, 0.15) is 22.8 Å². The van der Waals surface area contributed by atoms with Gasteiger partial charge in [-0.15, -0.1) is 0 Å². The van der Waals surface area contributed by atoms with Crippen LogP contribution < -0.4 is 9.80 Å². The number of para-hydroxylation sites is 4. The lowest BCUT2D eigenvalue weighted by molar-refractivity contribution is 1.12. The van der Waals surface area contributed by atoms with Gasteiger partial charge in [-0.25, -0.2) is 39.9 Å². The lowest BCUT2D eigenvalue weighted by atomic mass is 9.94. The number of aromatic nitrogens is 8. The molecule has 0 unspecified atom stereocenters. The molecule has 2 aliphatic rings. The first-order valence-electron chi connectivity index (χ1n) is 27.4. The number of nitrogens with zero attached hydrogens (tertiary/aromatic N) is 14. The minimum absolute atomic E-state index is 0.0539. The molecule has 0 bridgehead atoms. The molecule has 396 valence electrons. The Labute approximate surface area is 491 Å². The van der Waals surface area contributed by atoms with E-state index in [1.165, 1.54) is 0 Å². The Kier molecular flexibility index (Phi) is 12.0. The van der Waals surface area contributed by atoms with Gasteiger partial charge in [0.2, 0.25) is 0 Å². The van der Waals surface area contributed by atoms with Gasteiger partial charge in [0.15, 0.2) is 45.4 Å². The maximum atomic E-state index is 9.42. The minimum Gasteiger partial charge on any atom is -0.311 e. The zero-order valence-corrected chi connectivity index (χ0v) is 45.2. The summed E-state index contributed by atoms with van der Waals surface area (Å²) in [6, 6.07) is 87.1.